The summed E-state index contributed by atoms with van der Waals surface area (Å²) in [6, 6.07) is 5.63. The highest BCUT2D eigenvalue weighted by Crippen LogP contribution is 2.36. The van der Waals surface area contributed by atoms with Gasteiger partial charge in [-0.25, -0.2) is 4.57 Å². The summed E-state index contributed by atoms with van der Waals surface area (Å²) >= 11 is 0. The Morgan fingerprint density at radius 1 is 1.26 bits per heavy atom. The molecule has 1 fully saturated rings. The van der Waals surface area contributed by atoms with E-state index in [0.717, 1.165) is 31.5 Å². The molecule has 2 aliphatic rings. The fourth-order valence-electron chi connectivity index (χ4n) is 3.50. The first-order chi connectivity index (χ1) is 13.2. The summed E-state index contributed by atoms with van der Waals surface area (Å²) < 4.78 is 12.8. The van der Waals surface area contributed by atoms with Gasteiger partial charge in [0.05, 0.1) is 12.2 Å². The van der Waals surface area contributed by atoms with Crippen LogP contribution in [0.4, 0.5) is 11.9 Å². The van der Waals surface area contributed by atoms with Crippen LogP contribution in [0.15, 0.2) is 23.8 Å². The number of nitrogens with two attached hydrogens (primary N) is 1. The Hall–Kier alpha value is -3.03. The van der Waals surface area contributed by atoms with Gasteiger partial charge in [0.25, 0.3) is 5.91 Å². The van der Waals surface area contributed by atoms with Crippen molar-refractivity contribution >= 4 is 23.9 Å². The predicted octanol–water partition coefficient (Wildman–Crippen LogP) is 2.37. The average molecular weight is 369 g/mol. The van der Waals surface area contributed by atoms with Crippen LogP contribution in [0.1, 0.15) is 36.5 Å². The van der Waals surface area contributed by atoms with Crippen molar-refractivity contribution in [3.63, 3.8) is 0 Å². The summed E-state index contributed by atoms with van der Waals surface area (Å²) in [7, 11) is 0. The normalized spacial score (nSPS) is 16.3. The van der Waals surface area contributed by atoms with Crippen LogP contribution in [0.5, 0.6) is 11.5 Å². The highest BCUT2D eigenvalue weighted by atomic mass is 16.5. The Labute approximate surface area is 157 Å². The number of hydrogen-bond donors (Lipinski definition) is 1. The van der Waals surface area contributed by atoms with Crippen molar-refractivity contribution in [3.05, 3.63) is 29.3 Å². The number of nitrogens with zero attached hydrogens (tertiary/aromatic N) is 4. The number of fused-ring (bicyclic) bond motifs is 1. The van der Waals surface area contributed by atoms with Crippen molar-refractivity contribution in [2.45, 2.75) is 26.2 Å². The van der Waals surface area contributed by atoms with E-state index in [4.69, 9.17) is 15.2 Å². The number of piperidine rings is 1. The number of carbonyl (C=O) groups excluding carboxylic acids is 1. The Morgan fingerprint density at radius 2 is 2.07 bits per heavy atom. The SMILES string of the molecule is CCOc1cccc2c1OCC(C(=O)n1c(N)nnc1N1CCCCC1)=C2. The Bertz CT molecular complexity index is 883. The molecule has 2 aliphatic heterocycles. The number of carbonyl (C=O) groups is 1. The number of anilines is 2. The molecule has 27 heavy (non-hydrogen) atoms. The van der Waals surface area contributed by atoms with Crippen LogP contribution < -0.4 is 20.1 Å². The molecule has 0 unspecified atom stereocenters. The van der Waals surface area contributed by atoms with Crippen molar-refractivity contribution in [2.75, 3.05) is 36.9 Å². The third-order valence-electron chi connectivity index (χ3n) is 4.80. The van der Waals surface area contributed by atoms with Crippen LogP contribution in [0, 0.1) is 0 Å². The topological polar surface area (TPSA) is 95.5 Å². The summed E-state index contributed by atoms with van der Waals surface area (Å²) in [5.41, 5.74) is 7.28. The lowest BCUT2D eigenvalue weighted by Gasteiger charge is -2.27. The minimum atomic E-state index is -0.259. The van der Waals surface area contributed by atoms with Crippen molar-refractivity contribution in [1.82, 2.24) is 14.8 Å². The smallest absolute Gasteiger partial charge is 0.267 e. The number of ether oxygens (including phenoxy) is 2. The van der Waals surface area contributed by atoms with Gasteiger partial charge in [0.1, 0.15) is 6.61 Å². The highest BCUT2D eigenvalue weighted by Gasteiger charge is 2.27. The molecule has 0 bridgehead atoms. The second-order valence-corrected chi connectivity index (χ2v) is 6.61. The van der Waals surface area contributed by atoms with Gasteiger partial charge in [-0.1, -0.05) is 12.1 Å². The maximum Gasteiger partial charge on any atom is 0.267 e. The molecular formula is C19H23N5O3. The van der Waals surface area contributed by atoms with Gasteiger partial charge in [0.2, 0.25) is 11.9 Å². The first-order valence-corrected chi connectivity index (χ1v) is 9.28. The molecule has 4 rings (SSSR count). The van der Waals surface area contributed by atoms with E-state index in [0.29, 0.717) is 29.6 Å². The van der Waals surface area contributed by atoms with E-state index in [1.807, 2.05) is 31.2 Å². The monoisotopic (exact) mass is 369 g/mol. The molecule has 8 heteroatoms. The molecule has 0 spiro atoms. The van der Waals surface area contributed by atoms with Gasteiger partial charge in [-0.15, -0.1) is 10.2 Å². The van der Waals surface area contributed by atoms with E-state index in [1.54, 1.807) is 0 Å². The van der Waals surface area contributed by atoms with Gasteiger partial charge in [0, 0.05) is 18.7 Å². The highest BCUT2D eigenvalue weighted by molar-refractivity contribution is 6.03. The molecule has 2 aromatic rings. The Kier molecular flexibility index (Phi) is 4.70. The number of benzene rings is 1. The average Bonchev–Trinajstić information content (AvgIpc) is 3.09. The third-order valence-corrected chi connectivity index (χ3v) is 4.80. The van der Waals surface area contributed by atoms with Gasteiger partial charge < -0.3 is 20.1 Å². The largest absolute Gasteiger partial charge is 0.490 e. The lowest BCUT2D eigenvalue weighted by Crippen LogP contribution is -2.34. The van der Waals surface area contributed by atoms with Gasteiger partial charge in [-0.3, -0.25) is 4.79 Å². The molecule has 8 nitrogen and oxygen atoms in total. The molecule has 0 atom stereocenters. The van der Waals surface area contributed by atoms with Crippen molar-refractivity contribution < 1.29 is 14.3 Å². The van der Waals surface area contributed by atoms with Gasteiger partial charge >= 0.3 is 0 Å². The number of aromatic nitrogens is 3. The first-order valence-electron chi connectivity index (χ1n) is 9.28. The summed E-state index contributed by atoms with van der Waals surface area (Å²) in [6.45, 7) is 4.31. The molecule has 1 aromatic heterocycles. The van der Waals surface area contributed by atoms with E-state index in [2.05, 4.69) is 15.1 Å². The fourth-order valence-corrected chi connectivity index (χ4v) is 3.50. The van der Waals surface area contributed by atoms with Gasteiger partial charge in [-0.2, -0.15) is 0 Å². The summed E-state index contributed by atoms with van der Waals surface area (Å²) in [4.78, 5) is 15.2. The van der Waals surface area contributed by atoms with E-state index in [9.17, 15) is 4.79 Å². The van der Waals surface area contributed by atoms with Crippen LogP contribution in [-0.2, 0) is 0 Å². The van der Waals surface area contributed by atoms with Gasteiger partial charge in [0.15, 0.2) is 11.5 Å². The lowest BCUT2D eigenvalue weighted by atomic mass is 10.1. The molecule has 142 valence electrons. The van der Waals surface area contributed by atoms with Crippen molar-refractivity contribution in [1.29, 1.82) is 0 Å². The number of hydrogen-bond acceptors (Lipinski definition) is 7. The molecule has 0 aliphatic carbocycles. The molecule has 0 radical (unpaired) electrons. The van der Waals surface area contributed by atoms with Crippen molar-refractivity contribution in [3.8, 4) is 11.5 Å². The predicted molar refractivity (Wildman–Crippen MR) is 102 cm³/mol. The minimum absolute atomic E-state index is 0.0929. The van der Waals surface area contributed by atoms with E-state index >= 15 is 0 Å². The zero-order valence-electron chi connectivity index (χ0n) is 15.4. The second kappa shape index (κ2) is 7.30. The summed E-state index contributed by atoms with van der Waals surface area (Å²) in [6.07, 6.45) is 5.15. The Balaban J connectivity index is 1.66. The third kappa shape index (κ3) is 3.22. The number of para-hydroxylation sites is 1. The van der Waals surface area contributed by atoms with Crippen LogP contribution in [0.2, 0.25) is 0 Å². The molecule has 2 N–H and O–H groups in total. The molecule has 0 amide bonds. The van der Waals surface area contributed by atoms with Crippen LogP contribution in [-0.4, -0.2) is 47.0 Å². The second-order valence-electron chi connectivity index (χ2n) is 6.61. The van der Waals surface area contributed by atoms with Crippen LogP contribution in [0.3, 0.4) is 0 Å². The zero-order valence-corrected chi connectivity index (χ0v) is 15.4. The summed E-state index contributed by atoms with van der Waals surface area (Å²) in [5.74, 6) is 1.67. The zero-order chi connectivity index (χ0) is 18.8. The maximum atomic E-state index is 13.2. The summed E-state index contributed by atoms with van der Waals surface area (Å²) in [5, 5.41) is 8.07. The minimum Gasteiger partial charge on any atom is -0.490 e. The fraction of sp³-hybridized carbons (Fsp3) is 0.421. The number of nitrogen functional groups attached to an aromatic ring is 1. The van der Waals surface area contributed by atoms with Crippen LogP contribution >= 0.6 is 0 Å². The quantitative estimate of drug-likeness (QED) is 0.884. The molecular weight excluding hydrogens is 346 g/mol. The van der Waals surface area contributed by atoms with E-state index in [1.165, 1.54) is 11.0 Å². The van der Waals surface area contributed by atoms with E-state index in [-0.39, 0.29) is 18.5 Å². The Morgan fingerprint density at radius 3 is 2.85 bits per heavy atom. The van der Waals surface area contributed by atoms with Crippen LogP contribution in [0.25, 0.3) is 6.08 Å². The maximum absolute atomic E-state index is 13.2. The lowest BCUT2D eigenvalue weighted by molar-refractivity contribution is 0.0945. The molecule has 1 saturated heterocycles. The van der Waals surface area contributed by atoms with Crippen molar-refractivity contribution in [2.24, 2.45) is 0 Å². The molecule has 1 aromatic carbocycles. The van der Waals surface area contributed by atoms with Gasteiger partial charge in [-0.05, 0) is 38.3 Å². The number of rotatable bonds is 4. The molecule has 0 saturated carbocycles. The van der Waals surface area contributed by atoms with E-state index < -0.39 is 0 Å². The first kappa shape index (κ1) is 17.4. The standard InChI is InChI=1S/C19H23N5O3/c1-2-26-15-8-6-7-13-11-14(12-27-16(13)15)17(25)24-18(20)21-22-19(24)23-9-4-3-5-10-23/h6-8,11H,2-5,9-10,12H2,1H3,(H2,20,21). The molecule has 3 heterocycles.